The summed E-state index contributed by atoms with van der Waals surface area (Å²) in [5, 5.41) is 12.6. The molecule has 0 aliphatic carbocycles. The van der Waals surface area contributed by atoms with E-state index in [0.717, 1.165) is 33.5 Å². The zero-order chi connectivity index (χ0) is 21.2. The van der Waals surface area contributed by atoms with Gasteiger partial charge in [-0.25, -0.2) is 9.97 Å². The zero-order valence-electron chi connectivity index (χ0n) is 17.0. The quantitative estimate of drug-likeness (QED) is 0.415. The highest BCUT2D eigenvalue weighted by Crippen LogP contribution is 2.29. The fraction of sp³-hybridized carbons (Fsp3) is 0.0833. The first-order valence-electron chi connectivity index (χ1n) is 9.78. The minimum absolute atomic E-state index is 0.254. The fourth-order valence-electron chi connectivity index (χ4n) is 3.29. The van der Waals surface area contributed by atoms with Gasteiger partial charge in [0.25, 0.3) is 5.89 Å². The molecular weight excluding hydrogens is 390 g/mol. The molecule has 31 heavy (non-hydrogen) atoms. The molecule has 0 fully saturated rings. The van der Waals surface area contributed by atoms with E-state index in [1.165, 1.54) is 0 Å². The van der Waals surface area contributed by atoms with E-state index in [9.17, 15) is 0 Å². The highest BCUT2D eigenvalue weighted by Gasteiger charge is 2.16. The van der Waals surface area contributed by atoms with Crippen molar-refractivity contribution in [2.24, 2.45) is 0 Å². The second-order valence-electron chi connectivity index (χ2n) is 7.05. The maximum absolute atomic E-state index is 5.89. The summed E-state index contributed by atoms with van der Waals surface area (Å²) in [6.07, 6.45) is 0. The average Bonchev–Trinajstić information content (AvgIpc) is 3.29. The maximum Gasteiger partial charge on any atom is 0.286 e. The van der Waals surface area contributed by atoms with Crippen molar-refractivity contribution >= 4 is 22.4 Å². The molecule has 3 aromatic carbocycles. The molecule has 5 rings (SSSR count). The molecule has 7 heteroatoms. The van der Waals surface area contributed by atoms with Gasteiger partial charge in [-0.1, -0.05) is 24.3 Å². The van der Waals surface area contributed by atoms with E-state index in [1.807, 2.05) is 73.7 Å². The summed E-state index contributed by atoms with van der Waals surface area (Å²) < 4.78 is 11.1. The van der Waals surface area contributed by atoms with Gasteiger partial charge in [0.05, 0.1) is 12.6 Å². The number of para-hydroxylation sites is 1. The van der Waals surface area contributed by atoms with Gasteiger partial charge < -0.3 is 14.5 Å². The van der Waals surface area contributed by atoms with E-state index in [2.05, 4.69) is 26.6 Å². The van der Waals surface area contributed by atoms with E-state index in [4.69, 9.17) is 14.1 Å². The Kier molecular flexibility index (Phi) is 4.76. The Labute approximate surface area is 178 Å². The highest BCUT2D eigenvalue weighted by atomic mass is 16.5. The fourth-order valence-corrected chi connectivity index (χ4v) is 3.29. The van der Waals surface area contributed by atoms with Gasteiger partial charge in [-0.3, -0.25) is 0 Å². The van der Waals surface area contributed by atoms with Gasteiger partial charge in [-0.15, -0.1) is 10.2 Å². The molecule has 0 unspecified atom stereocenters. The normalized spacial score (nSPS) is 10.9. The third-order valence-electron chi connectivity index (χ3n) is 4.84. The number of aryl methyl sites for hydroxylation is 1. The lowest BCUT2D eigenvalue weighted by Crippen LogP contribution is -1.99. The number of benzene rings is 3. The first-order chi connectivity index (χ1) is 15.2. The molecule has 0 aliphatic heterocycles. The number of aromatic nitrogens is 4. The average molecular weight is 409 g/mol. The Hall–Kier alpha value is -4.26. The molecule has 0 saturated carbocycles. The van der Waals surface area contributed by atoms with Gasteiger partial charge in [0, 0.05) is 16.6 Å². The van der Waals surface area contributed by atoms with Crippen molar-refractivity contribution in [3.63, 3.8) is 0 Å². The van der Waals surface area contributed by atoms with E-state index in [0.29, 0.717) is 17.5 Å². The second-order valence-corrected chi connectivity index (χ2v) is 7.05. The Morgan fingerprint density at radius 1 is 0.839 bits per heavy atom. The van der Waals surface area contributed by atoms with Crippen LogP contribution in [0.4, 0.5) is 11.5 Å². The Morgan fingerprint density at radius 3 is 2.45 bits per heavy atom. The largest absolute Gasteiger partial charge is 0.497 e. The van der Waals surface area contributed by atoms with Crippen molar-refractivity contribution in [3.8, 4) is 28.9 Å². The van der Waals surface area contributed by atoms with Crippen LogP contribution in [-0.2, 0) is 0 Å². The van der Waals surface area contributed by atoms with Crippen LogP contribution in [0.1, 0.15) is 5.56 Å². The Bertz CT molecular complexity index is 1360. The zero-order valence-corrected chi connectivity index (χ0v) is 17.0. The minimum Gasteiger partial charge on any atom is -0.497 e. The van der Waals surface area contributed by atoms with Crippen LogP contribution in [0, 0.1) is 6.92 Å². The van der Waals surface area contributed by atoms with Crippen molar-refractivity contribution in [1.29, 1.82) is 0 Å². The third-order valence-corrected chi connectivity index (χ3v) is 4.84. The van der Waals surface area contributed by atoms with Crippen molar-refractivity contribution in [3.05, 3.63) is 78.4 Å². The monoisotopic (exact) mass is 409 g/mol. The van der Waals surface area contributed by atoms with Crippen molar-refractivity contribution in [2.75, 3.05) is 12.4 Å². The van der Waals surface area contributed by atoms with Gasteiger partial charge in [-0.2, -0.15) is 0 Å². The van der Waals surface area contributed by atoms with Gasteiger partial charge in [-0.05, 0) is 61.0 Å². The Morgan fingerprint density at radius 2 is 1.65 bits per heavy atom. The van der Waals surface area contributed by atoms with E-state index < -0.39 is 0 Å². The number of anilines is 2. The van der Waals surface area contributed by atoms with Crippen LogP contribution in [0.5, 0.6) is 5.75 Å². The molecule has 0 amide bonds. The van der Waals surface area contributed by atoms with Crippen molar-refractivity contribution in [1.82, 2.24) is 20.2 Å². The summed E-state index contributed by atoms with van der Waals surface area (Å²) in [5.41, 5.74) is 3.68. The van der Waals surface area contributed by atoms with E-state index in [-0.39, 0.29) is 5.89 Å². The van der Waals surface area contributed by atoms with Crippen LogP contribution < -0.4 is 10.1 Å². The lowest BCUT2D eigenvalue weighted by Gasteiger charge is -2.10. The maximum atomic E-state index is 5.89. The smallest absolute Gasteiger partial charge is 0.286 e. The summed E-state index contributed by atoms with van der Waals surface area (Å²) >= 11 is 0. The van der Waals surface area contributed by atoms with Gasteiger partial charge in [0.15, 0.2) is 0 Å². The summed E-state index contributed by atoms with van der Waals surface area (Å²) in [6.45, 7) is 2.05. The van der Waals surface area contributed by atoms with Crippen LogP contribution in [0.3, 0.4) is 0 Å². The predicted octanol–water partition coefficient (Wildman–Crippen LogP) is 5.41. The summed E-state index contributed by atoms with van der Waals surface area (Å²) in [4.78, 5) is 9.32. The van der Waals surface area contributed by atoms with E-state index in [1.54, 1.807) is 7.11 Å². The molecule has 1 N–H and O–H groups in total. The molecule has 152 valence electrons. The van der Waals surface area contributed by atoms with Gasteiger partial charge in [0.2, 0.25) is 11.7 Å². The topological polar surface area (TPSA) is 86.0 Å². The highest BCUT2D eigenvalue weighted by molar-refractivity contribution is 5.91. The molecule has 2 aromatic heterocycles. The van der Waals surface area contributed by atoms with Crippen LogP contribution in [-0.4, -0.2) is 27.3 Å². The first kappa shape index (κ1) is 18.7. The number of hydrogen-bond acceptors (Lipinski definition) is 7. The standard InChI is InChI=1S/C24H19N5O2/c1-15-6-5-7-17(14-15)25-21-19-8-3-4-9-20(19)26-22(27-21)24-29-28-23(31-24)16-10-12-18(30-2)13-11-16/h3-14H,1-2H3,(H,25,26,27). The minimum atomic E-state index is 0.254. The molecule has 0 saturated heterocycles. The lowest BCUT2D eigenvalue weighted by atomic mass is 10.2. The molecule has 0 atom stereocenters. The summed E-state index contributed by atoms with van der Waals surface area (Å²) in [5.74, 6) is 2.44. The number of rotatable bonds is 5. The Balaban J connectivity index is 1.55. The molecule has 0 spiro atoms. The molecule has 0 radical (unpaired) electrons. The number of nitrogens with one attached hydrogen (secondary N) is 1. The van der Waals surface area contributed by atoms with Crippen LogP contribution in [0.25, 0.3) is 34.1 Å². The van der Waals surface area contributed by atoms with Crippen LogP contribution in [0.2, 0.25) is 0 Å². The number of nitrogens with zero attached hydrogens (tertiary/aromatic N) is 4. The van der Waals surface area contributed by atoms with Crippen molar-refractivity contribution in [2.45, 2.75) is 6.92 Å². The third kappa shape index (κ3) is 3.81. The first-order valence-corrected chi connectivity index (χ1v) is 9.78. The molecule has 7 nitrogen and oxygen atoms in total. The van der Waals surface area contributed by atoms with Gasteiger partial charge in [0.1, 0.15) is 11.6 Å². The molecular formula is C24H19N5O2. The van der Waals surface area contributed by atoms with Gasteiger partial charge >= 0.3 is 0 Å². The molecule has 2 heterocycles. The van der Waals surface area contributed by atoms with Crippen LogP contribution >= 0.6 is 0 Å². The predicted molar refractivity (Wildman–Crippen MR) is 119 cm³/mol. The van der Waals surface area contributed by atoms with Crippen molar-refractivity contribution < 1.29 is 9.15 Å². The summed E-state index contributed by atoms with van der Waals surface area (Å²) in [7, 11) is 1.62. The molecule has 5 aromatic rings. The number of methoxy groups -OCH3 is 1. The number of hydrogen-bond donors (Lipinski definition) is 1. The van der Waals surface area contributed by atoms with E-state index >= 15 is 0 Å². The SMILES string of the molecule is COc1ccc(-c2nnc(-c3nc(Nc4cccc(C)c4)c4ccccc4n3)o2)cc1. The second kappa shape index (κ2) is 7.87. The molecule has 0 aliphatic rings. The van der Waals surface area contributed by atoms with Crippen LogP contribution in [0.15, 0.2) is 77.2 Å². The lowest BCUT2D eigenvalue weighted by molar-refractivity contribution is 0.415. The summed E-state index contributed by atoms with van der Waals surface area (Å²) in [6, 6.07) is 23.3. The number of ether oxygens (including phenoxy) is 1. The number of fused-ring (bicyclic) bond motifs is 1. The molecule has 0 bridgehead atoms.